The lowest BCUT2D eigenvalue weighted by Crippen LogP contribution is -2.35. The molecule has 0 bridgehead atoms. The number of benzene rings is 1. The molecule has 3 aromatic rings. The van der Waals surface area contributed by atoms with E-state index >= 15 is 0 Å². The number of hydrogen-bond acceptors (Lipinski definition) is 6. The Labute approximate surface area is 150 Å². The van der Waals surface area contributed by atoms with Crippen LogP contribution in [-0.2, 0) is 11.3 Å². The summed E-state index contributed by atoms with van der Waals surface area (Å²) in [6.45, 7) is 0.463. The minimum Gasteiger partial charge on any atom is -0.337 e. The Morgan fingerprint density at radius 2 is 2.04 bits per heavy atom. The average Bonchev–Trinajstić information content (AvgIpc) is 3.26. The Kier molecular flexibility index (Phi) is 4.40. The molecule has 0 unspecified atom stereocenters. The third kappa shape index (κ3) is 3.06. The number of rotatable bonds is 5. The van der Waals surface area contributed by atoms with Gasteiger partial charge in [0, 0.05) is 31.9 Å². The molecule has 132 valence electrons. The number of likely N-dealkylation sites (tertiary alicyclic amines) is 1. The van der Waals surface area contributed by atoms with Crippen molar-refractivity contribution in [1.29, 1.82) is 0 Å². The molecule has 0 radical (unpaired) electrons. The first-order valence-electron chi connectivity index (χ1n) is 8.45. The molecule has 1 aliphatic rings. The Balaban J connectivity index is 1.53. The van der Waals surface area contributed by atoms with Crippen molar-refractivity contribution in [3.63, 3.8) is 0 Å². The van der Waals surface area contributed by atoms with E-state index in [1.165, 1.54) is 0 Å². The van der Waals surface area contributed by atoms with Gasteiger partial charge >= 0.3 is 0 Å². The monoisotopic (exact) mass is 349 g/mol. The summed E-state index contributed by atoms with van der Waals surface area (Å²) in [5.74, 6) is 0.808. The van der Waals surface area contributed by atoms with Crippen LogP contribution in [0.1, 0.15) is 23.9 Å². The van der Waals surface area contributed by atoms with Gasteiger partial charge in [-0.05, 0) is 34.2 Å². The summed E-state index contributed by atoms with van der Waals surface area (Å²) >= 11 is 0. The number of amides is 1. The minimum atomic E-state index is -0.0581. The van der Waals surface area contributed by atoms with Crippen LogP contribution in [-0.4, -0.2) is 49.1 Å². The van der Waals surface area contributed by atoms with Crippen molar-refractivity contribution in [3.05, 3.63) is 66.2 Å². The highest BCUT2D eigenvalue weighted by atomic mass is 16.2. The number of tetrazole rings is 1. The Hall–Kier alpha value is -3.13. The lowest BCUT2D eigenvalue weighted by Gasteiger charge is -2.25. The van der Waals surface area contributed by atoms with Crippen molar-refractivity contribution >= 4 is 5.91 Å². The quantitative estimate of drug-likeness (QED) is 0.742. The number of carbonyl (C=O) groups excluding carboxylic acids is 1. The fourth-order valence-corrected chi connectivity index (χ4v) is 3.37. The van der Waals surface area contributed by atoms with Crippen LogP contribution >= 0.6 is 0 Å². The van der Waals surface area contributed by atoms with Gasteiger partial charge in [-0.1, -0.05) is 24.3 Å². The number of hydrogen-bond donors (Lipinski definition) is 1. The molecule has 1 saturated heterocycles. The lowest BCUT2D eigenvalue weighted by molar-refractivity contribution is -0.127. The molecule has 8 heteroatoms. The van der Waals surface area contributed by atoms with Gasteiger partial charge in [0.1, 0.15) is 0 Å². The number of pyridine rings is 1. The molecule has 1 aliphatic heterocycles. The molecule has 0 saturated carbocycles. The van der Waals surface area contributed by atoms with Gasteiger partial charge in [-0.25, -0.2) is 0 Å². The van der Waals surface area contributed by atoms with Crippen molar-refractivity contribution in [3.8, 4) is 5.69 Å². The Morgan fingerprint density at radius 1 is 1.19 bits per heavy atom. The van der Waals surface area contributed by atoms with E-state index in [9.17, 15) is 4.79 Å². The zero-order chi connectivity index (χ0) is 17.9. The second-order valence-electron chi connectivity index (χ2n) is 6.27. The maximum Gasteiger partial charge on any atom is 0.224 e. The molecular formula is C18H19N7O. The van der Waals surface area contributed by atoms with Gasteiger partial charge in [0.15, 0.2) is 5.82 Å². The first-order chi connectivity index (χ1) is 12.7. The molecule has 1 fully saturated rings. The Bertz CT molecular complexity index is 881. The number of nitrogens with zero attached hydrogens (tertiary/aromatic N) is 6. The third-order valence-corrected chi connectivity index (χ3v) is 4.67. The summed E-state index contributed by atoms with van der Waals surface area (Å²) in [4.78, 5) is 18.2. The highest BCUT2D eigenvalue weighted by Crippen LogP contribution is 2.31. The fraction of sp³-hybridized carbons (Fsp3) is 0.278. The maximum absolute atomic E-state index is 12.2. The van der Waals surface area contributed by atoms with E-state index in [0.29, 0.717) is 18.8 Å². The van der Waals surface area contributed by atoms with Crippen LogP contribution in [0.5, 0.6) is 0 Å². The van der Waals surface area contributed by atoms with Gasteiger partial charge in [0.05, 0.1) is 18.3 Å². The van der Waals surface area contributed by atoms with E-state index in [4.69, 9.17) is 0 Å². The standard InChI is InChI=1S/C18H19N7O/c1-24-17(26)10-15(18(24)13-6-5-9-19-11-13)20-12-16-21-22-23-25(16)14-7-3-2-4-8-14/h2-9,11,15,18,20H,10,12H2,1H3/t15-,18+/m1/s1. The fourth-order valence-electron chi connectivity index (χ4n) is 3.37. The normalized spacial score (nSPS) is 19.9. The SMILES string of the molecule is CN1C(=O)C[C@@H](NCc2nnnn2-c2ccccc2)[C@@H]1c1cccnc1. The molecule has 1 amide bonds. The number of likely N-dealkylation sites (N-methyl/N-ethyl adjacent to an activating group) is 1. The summed E-state index contributed by atoms with van der Waals surface area (Å²) in [7, 11) is 1.83. The summed E-state index contributed by atoms with van der Waals surface area (Å²) in [5.41, 5.74) is 1.92. The molecule has 2 atom stereocenters. The molecule has 8 nitrogen and oxygen atoms in total. The predicted octanol–water partition coefficient (Wildman–Crippen LogP) is 1.12. The van der Waals surface area contributed by atoms with E-state index in [0.717, 1.165) is 11.3 Å². The third-order valence-electron chi connectivity index (χ3n) is 4.67. The number of aromatic nitrogens is 5. The van der Waals surface area contributed by atoms with Crippen LogP contribution in [0.15, 0.2) is 54.9 Å². The van der Waals surface area contributed by atoms with E-state index < -0.39 is 0 Å². The zero-order valence-electron chi connectivity index (χ0n) is 14.4. The Morgan fingerprint density at radius 3 is 2.81 bits per heavy atom. The summed E-state index contributed by atoms with van der Waals surface area (Å²) < 4.78 is 1.70. The van der Waals surface area contributed by atoms with Crippen molar-refractivity contribution in [2.24, 2.45) is 0 Å². The number of nitrogens with one attached hydrogen (secondary N) is 1. The van der Waals surface area contributed by atoms with E-state index in [1.54, 1.807) is 15.8 Å². The molecular weight excluding hydrogens is 330 g/mol. The van der Waals surface area contributed by atoms with E-state index in [2.05, 4.69) is 25.8 Å². The van der Waals surface area contributed by atoms with Crippen LogP contribution < -0.4 is 5.32 Å². The van der Waals surface area contributed by atoms with Crippen molar-refractivity contribution < 1.29 is 4.79 Å². The van der Waals surface area contributed by atoms with Gasteiger partial charge < -0.3 is 10.2 Å². The smallest absolute Gasteiger partial charge is 0.224 e. The van der Waals surface area contributed by atoms with Gasteiger partial charge in [0.25, 0.3) is 0 Å². The first kappa shape index (κ1) is 16.3. The van der Waals surface area contributed by atoms with E-state index in [1.807, 2.05) is 55.7 Å². The molecule has 1 aromatic carbocycles. The second-order valence-corrected chi connectivity index (χ2v) is 6.27. The molecule has 1 N–H and O–H groups in total. The molecule has 3 heterocycles. The summed E-state index contributed by atoms with van der Waals surface area (Å²) in [5, 5.41) is 15.4. The maximum atomic E-state index is 12.2. The average molecular weight is 349 g/mol. The lowest BCUT2D eigenvalue weighted by atomic mass is 10.0. The van der Waals surface area contributed by atoms with Gasteiger partial charge in [0.2, 0.25) is 5.91 Å². The number of para-hydroxylation sites is 1. The van der Waals surface area contributed by atoms with E-state index in [-0.39, 0.29) is 18.0 Å². The molecule has 0 aliphatic carbocycles. The van der Waals surface area contributed by atoms with Crippen molar-refractivity contribution in [2.45, 2.75) is 25.0 Å². The molecule has 2 aromatic heterocycles. The predicted molar refractivity (Wildman–Crippen MR) is 94.1 cm³/mol. The summed E-state index contributed by atoms with van der Waals surface area (Å²) in [6, 6.07) is 13.5. The van der Waals surface area contributed by atoms with Gasteiger partial charge in [-0.2, -0.15) is 4.68 Å². The highest BCUT2D eigenvalue weighted by Gasteiger charge is 2.38. The van der Waals surface area contributed by atoms with Crippen LogP contribution in [0.4, 0.5) is 0 Å². The summed E-state index contributed by atoms with van der Waals surface area (Å²) in [6.07, 6.45) is 3.97. The zero-order valence-corrected chi connectivity index (χ0v) is 14.4. The second kappa shape index (κ2) is 7.01. The first-order valence-corrected chi connectivity index (χ1v) is 8.45. The van der Waals surface area contributed by atoms with Crippen LogP contribution in [0, 0.1) is 0 Å². The van der Waals surface area contributed by atoms with Crippen molar-refractivity contribution in [1.82, 2.24) is 35.4 Å². The molecule has 0 spiro atoms. The van der Waals surface area contributed by atoms with Gasteiger partial charge in [-0.3, -0.25) is 9.78 Å². The van der Waals surface area contributed by atoms with Crippen molar-refractivity contribution in [2.75, 3.05) is 7.05 Å². The highest BCUT2D eigenvalue weighted by molar-refractivity contribution is 5.80. The van der Waals surface area contributed by atoms with Crippen LogP contribution in [0.2, 0.25) is 0 Å². The molecule has 26 heavy (non-hydrogen) atoms. The number of carbonyl (C=O) groups is 1. The molecule has 4 rings (SSSR count). The topological polar surface area (TPSA) is 88.8 Å². The van der Waals surface area contributed by atoms with Gasteiger partial charge in [-0.15, -0.1) is 5.10 Å². The van der Waals surface area contributed by atoms with Crippen LogP contribution in [0.25, 0.3) is 5.69 Å². The van der Waals surface area contributed by atoms with Crippen LogP contribution in [0.3, 0.4) is 0 Å². The minimum absolute atomic E-state index is 0.0300. The largest absolute Gasteiger partial charge is 0.337 e.